The van der Waals surface area contributed by atoms with Crippen LogP contribution < -0.4 is 5.56 Å². The smallest absolute Gasteiger partial charge is 0.271 e. The van der Waals surface area contributed by atoms with Gasteiger partial charge >= 0.3 is 0 Å². The van der Waals surface area contributed by atoms with Crippen molar-refractivity contribution in [2.24, 2.45) is 4.99 Å². The van der Waals surface area contributed by atoms with Crippen molar-refractivity contribution in [3.63, 3.8) is 0 Å². The first-order valence-corrected chi connectivity index (χ1v) is 6.30. The second kappa shape index (κ2) is 4.68. The number of pyridine rings is 1. The highest BCUT2D eigenvalue weighted by Crippen LogP contribution is 2.29. The van der Waals surface area contributed by atoms with Gasteiger partial charge in [-0.3, -0.25) is 9.89 Å². The Kier molecular flexibility index (Phi) is 2.87. The maximum atomic E-state index is 11.8. The quantitative estimate of drug-likeness (QED) is 0.882. The molecule has 3 rings (SSSR count). The van der Waals surface area contributed by atoms with Crippen LogP contribution in [-0.2, 0) is 6.42 Å². The molecule has 0 aromatic carbocycles. The molecule has 2 N–H and O–H groups in total. The van der Waals surface area contributed by atoms with E-state index in [0.717, 1.165) is 29.7 Å². The lowest BCUT2D eigenvalue weighted by Gasteiger charge is -1.99. The number of H-pyrrole nitrogens is 2. The number of aromatic amines is 2. The lowest BCUT2D eigenvalue weighted by atomic mass is 10.1. The molecule has 0 unspecified atom stereocenters. The number of hydrogen-bond acceptors (Lipinski definition) is 3. The molecule has 2 aromatic heterocycles. The Bertz CT molecular complexity index is 721. The van der Waals surface area contributed by atoms with Gasteiger partial charge in [-0.2, -0.15) is 0 Å². The van der Waals surface area contributed by atoms with Gasteiger partial charge in [-0.1, -0.05) is 13.3 Å². The van der Waals surface area contributed by atoms with Crippen LogP contribution in [0.4, 0.5) is 5.82 Å². The van der Waals surface area contributed by atoms with Crippen LogP contribution in [0.15, 0.2) is 28.1 Å². The molecule has 0 saturated carbocycles. The second-order valence-electron chi connectivity index (χ2n) is 4.45. The molecule has 2 aromatic rings. The molecule has 0 amide bonds. The van der Waals surface area contributed by atoms with E-state index in [2.05, 4.69) is 27.1 Å². The Morgan fingerprint density at radius 1 is 1.37 bits per heavy atom. The van der Waals surface area contributed by atoms with Gasteiger partial charge in [0.2, 0.25) is 0 Å². The van der Waals surface area contributed by atoms with Gasteiger partial charge < -0.3 is 5.10 Å². The summed E-state index contributed by atoms with van der Waals surface area (Å²) in [5.74, 6) is 0.706. The Labute approximate surface area is 110 Å². The molecule has 1 aliphatic rings. The summed E-state index contributed by atoms with van der Waals surface area (Å²) in [6.07, 6.45) is 7.16. The average Bonchev–Trinajstić information content (AvgIpc) is 2.98. The van der Waals surface area contributed by atoms with Crippen molar-refractivity contribution in [3.8, 4) is 0 Å². The number of nitrogens with zero attached hydrogens (tertiary/aromatic N) is 2. The van der Waals surface area contributed by atoms with Crippen LogP contribution in [0.1, 0.15) is 30.2 Å². The molecule has 0 bridgehead atoms. The van der Waals surface area contributed by atoms with E-state index in [1.54, 1.807) is 12.4 Å². The lowest BCUT2D eigenvalue weighted by molar-refractivity contribution is 0.864. The summed E-state index contributed by atoms with van der Waals surface area (Å²) < 4.78 is 0. The van der Waals surface area contributed by atoms with Crippen molar-refractivity contribution in [3.05, 3.63) is 45.5 Å². The third kappa shape index (κ3) is 2.03. The Morgan fingerprint density at radius 2 is 2.26 bits per heavy atom. The molecule has 19 heavy (non-hydrogen) atoms. The highest BCUT2D eigenvalue weighted by molar-refractivity contribution is 6.20. The van der Waals surface area contributed by atoms with Crippen molar-refractivity contribution in [2.45, 2.75) is 19.8 Å². The van der Waals surface area contributed by atoms with E-state index in [1.807, 2.05) is 18.2 Å². The minimum atomic E-state index is -0.0957. The molecule has 5 nitrogen and oxygen atoms in total. The van der Waals surface area contributed by atoms with E-state index < -0.39 is 0 Å². The predicted molar refractivity (Wildman–Crippen MR) is 75.7 cm³/mol. The SMILES string of the molecule is CCCc1[nH][nH]c(=O)c1C=C1C=Nc2ncccc21. The zero-order chi connectivity index (χ0) is 13.2. The third-order valence-electron chi connectivity index (χ3n) is 3.12. The zero-order valence-electron chi connectivity index (χ0n) is 10.6. The summed E-state index contributed by atoms with van der Waals surface area (Å²) in [6.45, 7) is 2.08. The number of aliphatic imine (C=N–C) groups is 1. The molecular weight excluding hydrogens is 240 g/mol. The fourth-order valence-electron chi connectivity index (χ4n) is 2.20. The summed E-state index contributed by atoms with van der Waals surface area (Å²) in [5.41, 5.74) is 3.41. The van der Waals surface area contributed by atoms with E-state index in [-0.39, 0.29) is 5.56 Å². The highest BCUT2D eigenvalue weighted by atomic mass is 16.1. The van der Waals surface area contributed by atoms with Crippen molar-refractivity contribution >= 4 is 23.7 Å². The van der Waals surface area contributed by atoms with Gasteiger partial charge in [0, 0.05) is 29.2 Å². The molecule has 0 fully saturated rings. The third-order valence-corrected chi connectivity index (χ3v) is 3.12. The van der Waals surface area contributed by atoms with Crippen LogP contribution in [-0.4, -0.2) is 21.4 Å². The molecule has 0 spiro atoms. The maximum absolute atomic E-state index is 11.8. The molecule has 96 valence electrons. The van der Waals surface area contributed by atoms with E-state index in [9.17, 15) is 4.79 Å². The number of fused-ring (bicyclic) bond motifs is 1. The lowest BCUT2D eigenvalue weighted by Crippen LogP contribution is -2.03. The van der Waals surface area contributed by atoms with Crippen LogP contribution >= 0.6 is 0 Å². The molecule has 0 aliphatic carbocycles. The Balaban J connectivity index is 2.07. The van der Waals surface area contributed by atoms with Gasteiger partial charge in [0.25, 0.3) is 5.56 Å². The van der Waals surface area contributed by atoms with Crippen LogP contribution in [0.5, 0.6) is 0 Å². The van der Waals surface area contributed by atoms with Crippen molar-refractivity contribution in [1.82, 2.24) is 15.2 Å². The summed E-state index contributed by atoms with van der Waals surface area (Å²) in [4.78, 5) is 20.3. The zero-order valence-corrected chi connectivity index (χ0v) is 10.6. The van der Waals surface area contributed by atoms with E-state index >= 15 is 0 Å². The molecule has 0 atom stereocenters. The molecule has 3 heterocycles. The molecule has 0 saturated heterocycles. The first kappa shape index (κ1) is 11.6. The molecule has 1 aliphatic heterocycles. The fraction of sp³-hybridized carbons (Fsp3) is 0.214. The number of nitrogens with one attached hydrogen (secondary N) is 2. The van der Waals surface area contributed by atoms with Crippen molar-refractivity contribution in [2.75, 3.05) is 0 Å². The van der Waals surface area contributed by atoms with E-state index in [0.29, 0.717) is 11.4 Å². The number of aryl methyl sites for hydroxylation is 1. The summed E-state index contributed by atoms with van der Waals surface area (Å²) in [6, 6.07) is 3.83. The average molecular weight is 254 g/mol. The Morgan fingerprint density at radius 3 is 3.11 bits per heavy atom. The number of aromatic nitrogens is 3. The summed E-state index contributed by atoms with van der Waals surface area (Å²) >= 11 is 0. The van der Waals surface area contributed by atoms with Gasteiger partial charge in [-0.05, 0) is 24.6 Å². The molecule has 5 heteroatoms. The summed E-state index contributed by atoms with van der Waals surface area (Å²) in [7, 11) is 0. The number of hydrogen-bond donors (Lipinski definition) is 2. The first-order chi connectivity index (χ1) is 9.29. The number of rotatable bonds is 3. The Hall–Kier alpha value is -2.43. The predicted octanol–water partition coefficient (Wildman–Crippen LogP) is 2.31. The van der Waals surface area contributed by atoms with Gasteiger partial charge in [0.05, 0.1) is 5.56 Å². The van der Waals surface area contributed by atoms with Gasteiger partial charge in [-0.15, -0.1) is 0 Å². The molecule has 0 radical (unpaired) electrons. The van der Waals surface area contributed by atoms with E-state index in [4.69, 9.17) is 0 Å². The van der Waals surface area contributed by atoms with Gasteiger partial charge in [-0.25, -0.2) is 9.98 Å². The first-order valence-electron chi connectivity index (χ1n) is 6.30. The van der Waals surface area contributed by atoms with Crippen LogP contribution in [0, 0.1) is 0 Å². The molecular formula is C14H14N4O. The van der Waals surface area contributed by atoms with Crippen LogP contribution in [0.25, 0.3) is 11.6 Å². The topological polar surface area (TPSA) is 73.9 Å². The van der Waals surface area contributed by atoms with Crippen LogP contribution in [0.2, 0.25) is 0 Å². The minimum Gasteiger partial charge on any atom is -0.302 e. The van der Waals surface area contributed by atoms with E-state index in [1.165, 1.54) is 0 Å². The normalized spacial score (nSPS) is 15.1. The van der Waals surface area contributed by atoms with Crippen molar-refractivity contribution in [1.29, 1.82) is 0 Å². The maximum Gasteiger partial charge on any atom is 0.271 e. The van der Waals surface area contributed by atoms with Gasteiger partial charge in [0.15, 0.2) is 5.82 Å². The minimum absolute atomic E-state index is 0.0957. The fourth-order valence-corrected chi connectivity index (χ4v) is 2.20. The van der Waals surface area contributed by atoms with Crippen LogP contribution in [0.3, 0.4) is 0 Å². The number of allylic oxidation sites excluding steroid dienone is 1. The summed E-state index contributed by atoms with van der Waals surface area (Å²) in [5, 5.41) is 5.57. The highest BCUT2D eigenvalue weighted by Gasteiger charge is 2.14. The monoisotopic (exact) mass is 254 g/mol. The second-order valence-corrected chi connectivity index (χ2v) is 4.45. The van der Waals surface area contributed by atoms with Crippen molar-refractivity contribution < 1.29 is 0 Å². The standard InChI is InChI=1S/C14H14N4O/c1-2-4-12-11(14(19)18-17-12)7-9-8-16-13-10(9)5-3-6-15-13/h3,5-8H,2,4H2,1H3,(H2,17,18,19). The largest absolute Gasteiger partial charge is 0.302 e. The van der Waals surface area contributed by atoms with Gasteiger partial charge in [0.1, 0.15) is 0 Å².